The maximum absolute atomic E-state index is 12.3. The molecule has 0 heterocycles. The molecule has 0 bridgehead atoms. The molecule has 0 saturated carbocycles. The van der Waals surface area contributed by atoms with Gasteiger partial charge in [-0.1, -0.05) is 6.07 Å². The van der Waals surface area contributed by atoms with Gasteiger partial charge in [0.1, 0.15) is 5.75 Å². The first-order chi connectivity index (χ1) is 8.63. The Balaban J connectivity index is 2.87. The molecule has 3 nitrogen and oxygen atoms in total. The quantitative estimate of drug-likeness (QED) is 0.743. The summed E-state index contributed by atoms with van der Waals surface area (Å²) >= 11 is 5.66. The number of alkyl halides is 1. The number of benzene rings is 1. The molecule has 0 N–H and O–H groups in total. The highest BCUT2D eigenvalue weighted by molar-refractivity contribution is 6.17. The van der Waals surface area contributed by atoms with Crippen LogP contribution in [0, 0.1) is 6.92 Å². The Morgan fingerprint density at radius 3 is 2.72 bits per heavy atom. The molecule has 100 valence electrons. The van der Waals surface area contributed by atoms with Crippen LogP contribution in [0.1, 0.15) is 29.3 Å². The van der Waals surface area contributed by atoms with Crippen LogP contribution < -0.4 is 4.74 Å². The van der Waals surface area contributed by atoms with Crippen molar-refractivity contribution in [3.05, 3.63) is 29.3 Å². The molecule has 1 aromatic rings. The monoisotopic (exact) mass is 269 g/mol. The number of methoxy groups -OCH3 is 1. The lowest BCUT2D eigenvalue weighted by molar-refractivity contribution is 0.0764. The van der Waals surface area contributed by atoms with Crippen molar-refractivity contribution in [1.82, 2.24) is 4.90 Å². The fraction of sp³-hybridized carbons (Fsp3) is 0.500. The highest BCUT2D eigenvalue weighted by Gasteiger charge is 2.14. The Kier molecular flexibility index (Phi) is 5.99. The molecule has 1 aromatic carbocycles. The van der Waals surface area contributed by atoms with Crippen LogP contribution in [-0.4, -0.2) is 36.9 Å². The third kappa shape index (κ3) is 3.64. The van der Waals surface area contributed by atoms with Gasteiger partial charge in [-0.25, -0.2) is 0 Å². The van der Waals surface area contributed by atoms with E-state index in [9.17, 15) is 4.79 Å². The van der Waals surface area contributed by atoms with E-state index < -0.39 is 0 Å². The molecule has 0 unspecified atom stereocenters. The second kappa shape index (κ2) is 7.27. The first kappa shape index (κ1) is 14.8. The van der Waals surface area contributed by atoms with Gasteiger partial charge in [-0.3, -0.25) is 4.79 Å². The Morgan fingerprint density at radius 2 is 2.17 bits per heavy atom. The molecule has 4 heteroatoms. The summed E-state index contributed by atoms with van der Waals surface area (Å²) in [5.74, 6) is 1.34. The van der Waals surface area contributed by atoms with Gasteiger partial charge in [0.2, 0.25) is 0 Å². The molecule has 0 aliphatic rings. The first-order valence-corrected chi connectivity index (χ1v) is 6.67. The Labute approximate surface area is 114 Å². The number of amides is 1. The van der Waals surface area contributed by atoms with Crippen molar-refractivity contribution in [2.24, 2.45) is 0 Å². The lowest BCUT2D eigenvalue weighted by Gasteiger charge is -2.21. The minimum atomic E-state index is 0.0286. The van der Waals surface area contributed by atoms with E-state index in [1.54, 1.807) is 18.1 Å². The summed E-state index contributed by atoms with van der Waals surface area (Å²) in [7, 11) is 1.61. The largest absolute Gasteiger partial charge is 0.496 e. The van der Waals surface area contributed by atoms with Crippen LogP contribution in [0.3, 0.4) is 0 Å². The molecule has 0 saturated heterocycles. The van der Waals surface area contributed by atoms with E-state index in [4.69, 9.17) is 16.3 Å². The van der Waals surface area contributed by atoms with Crippen molar-refractivity contribution in [2.45, 2.75) is 20.3 Å². The summed E-state index contributed by atoms with van der Waals surface area (Å²) < 4.78 is 5.24. The van der Waals surface area contributed by atoms with Gasteiger partial charge in [-0.05, 0) is 38.0 Å². The first-order valence-electron chi connectivity index (χ1n) is 6.13. The summed E-state index contributed by atoms with van der Waals surface area (Å²) in [6.45, 7) is 5.30. The zero-order chi connectivity index (χ0) is 13.5. The summed E-state index contributed by atoms with van der Waals surface area (Å²) in [5.41, 5.74) is 1.69. The number of hydrogen-bond acceptors (Lipinski definition) is 2. The van der Waals surface area contributed by atoms with Gasteiger partial charge in [0, 0.05) is 24.5 Å². The molecular formula is C14H20ClNO2. The molecule has 1 rings (SSSR count). The Hall–Kier alpha value is -1.22. The minimum absolute atomic E-state index is 0.0286. The van der Waals surface area contributed by atoms with E-state index in [-0.39, 0.29) is 5.91 Å². The topological polar surface area (TPSA) is 29.5 Å². The number of aryl methyl sites for hydroxylation is 1. The van der Waals surface area contributed by atoms with Crippen molar-refractivity contribution in [3.8, 4) is 5.75 Å². The summed E-state index contributed by atoms with van der Waals surface area (Å²) in [4.78, 5) is 14.1. The van der Waals surface area contributed by atoms with E-state index in [2.05, 4.69) is 0 Å². The lowest BCUT2D eigenvalue weighted by atomic mass is 10.1. The molecule has 0 aliphatic carbocycles. The molecule has 0 atom stereocenters. The lowest BCUT2D eigenvalue weighted by Crippen LogP contribution is -2.32. The van der Waals surface area contributed by atoms with Crippen LogP contribution in [-0.2, 0) is 0 Å². The maximum atomic E-state index is 12.3. The molecular weight excluding hydrogens is 250 g/mol. The van der Waals surface area contributed by atoms with Gasteiger partial charge < -0.3 is 9.64 Å². The van der Waals surface area contributed by atoms with Crippen LogP contribution in [0.2, 0.25) is 0 Å². The highest BCUT2D eigenvalue weighted by atomic mass is 35.5. The third-order valence-electron chi connectivity index (χ3n) is 2.89. The van der Waals surface area contributed by atoms with Crippen molar-refractivity contribution in [1.29, 1.82) is 0 Å². The van der Waals surface area contributed by atoms with E-state index >= 15 is 0 Å². The summed E-state index contributed by atoms with van der Waals surface area (Å²) in [6.07, 6.45) is 0.810. The smallest absolute Gasteiger partial charge is 0.253 e. The third-order valence-corrected chi connectivity index (χ3v) is 3.15. The molecule has 0 aliphatic heterocycles. The van der Waals surface area contributed by atoms with Crippen LogP contribution in [0.4, 0.5) is 0 Å². The minimum Gasteiger partial charge on any atom is -0.496 e. The van der Waals surface area contributed by atoms with E-state index in [1.165, 1.54) is 0 Å². The normalized spacial score (nSPS) is 10.2. The molecule has 0 fully saturated rings. The number of halogens is 1. The number of carbonyl (C=O) groups is 1. The van der Waals surface area contributed by atoms with Crippen LogP contribution >= 0.6 is 11.6 Å². The standard InChI is InChI=1S/C14H20ClNO2/c1-4-16(9-5-8-15)14(17)12-7-6-11(2)13(10-12)18-3/h6-7,10H,4-5,8-9H2,1-3H3. The van der Waals surface area contributed by atoms with E-state index in [1.807, 2.05) is 26.0 Å². The second-order valence-electron chi connectivity index (χ2n) is 4.11. The number of nitrogens with zero attached hydrogens (tertiary/aromatic N) is 1. The average Bonchev–Trinajstić information content (AvgIpc) is 2.40. The maximum Gasteiger partial charge on any atom is 0.253 e. The Morgan fingerprint density at radius 1 is 1.44 bits per heavy atom. The van der Waals surface area contributed by atoms with Gasteiger partial charge in [0.25, 0.3) is 5.91 Å². The molecule has 18 heavy (non-hydrogen) atoms. The Bertz CT molecular complexity index is 407. The number of carbonyl (C=O) groups excluding carboxylic acids is 1. The summed E-state index contributed by atoms with van der Waals surface area (Å²) in [6, 6.07) is 5.53. The van der Waals surface area contributed by atoms with Gasteiger partial charge in [-0.2, -0.15) is 0 Å². The van der Waals surface area contributed by atoms with Crippen molar-refractivity contribution in [3.63, 3.8) is 0 Å². The van der Waals surface area contributed by atoms with Crippen LogP contribution in [0.15, 0.2) is 18.2 Å². The fourth-order valence-electron chi connectivity index (χ4n) is 1.79. The number of hydrogen-bond donors (Lipinski definition) is 0. The predicted molar refractivity (Wildman–Crippen MR) is 74.6 cm³/mol. The van der Waals surface area contributed by atoms with Gasteiger partial charge in [0.15, 0.2) is 0 Å². The molecule has 0 spiro atoms. The van der Waals surface area contributed by atoms with Crippen molar-refractivity contribution >= 4 is 17.5 Å². The van der Waals surface area contributed by atoms with E-state index in [0.29, 0.717) is 24.5 Å². The highest BCUT2D eigenvalue weighted by Crippen LogP contribution is 2.20. The SMILES string of the molecule is CCN(CCCCl)C(=O)c1ccc(C)c(OC)c1. The van der Waals surface area contributed by atoms with E-state index in [0.717, 1.165) is 17.7 Å². The van der Waals surface area contributed by atoms with Crippen molar-refractivity contribution < 1.29 is 9.53 Å². The molecule has 1 amide bonds. The van der Waals surface area contributed by atoms with Gasteiger partial charge >= 0.3 is 0 Å². The molecule has 0 radical (unpaired) electrons. The zero-order valence-corrected chi connectivity index (χ0v) is 12.0. The fourth-order valence-corrected chi connectivity index (χ4v) is 1.91. The van der Waals surface area contributed by atoms with Crippen molar-refractivity contribution in [2.75, 3.05) is 26.1 Å². The average molecular weight is 270 g/mol. The predicted octanol–water partition coefficient (Wildman–Crippen LogP) is 3.09. The van der Waals surface area contributed by atoms with Crippen LogP contribution in [0.5, 0.6) is 5.75 Å². The molecule has 0 aromatic heterocycles. The second-order valence-corrected chi connectivity index (χ2v) is 4.49. The van der Waals surface area contributed by atoms with Gasteiger partial charge in [-0.15, -0.1) is 11.6 Å². The number of rotatable bonds is 6. The zero-order valence-electron chi connectivity index (χ0n) is 11.2. The van der Waals surface area contributed by atoms with Gasteiger partial charge in [0.05, 0.1) is 7.11 Å². The van der Waals surface area contributed by atoms with Crippen LogP contribution in [0.25, 0.3) is 0 Å². The number of ether oxygens (including phenoxy) is 1. The summed E-state index contributed by atoms with van der Waals surface area (Å²) in [5, 5.41) is 0.